The Balaban J connectivity index is 2.31. The summed E-state index contributed by atoms with van der Waals surface area (Å²) in [6.07, 6.45) is 0.848. The lowest BCUT2D eigenvalue weighted by atomic mass is 9.91. The number of nitrogens with one attached hydrogen (secondary N) is 1. The van der Waals surface area contributed by atoms with Crippen molar-refractivity contribution in [2.75, 3.05) is 7.05 Å². The van der Waals surface area contributed by atoms with Gasteiger partial charge >= 0.3 is 0 Å². The second-order valence-corrected chi connectivity index (χ2v) is 5.56. The Kier molecular flexibility index (Phi) is 4.79. The minimum Gasteiger partial charge on any atom is -0.313 e. The van der Waals surface area contributed by atoms with Crippen molar-refractivity contribution in [3.63, 3.8) is 0 Å². The summed E-state index contributed by atoms with van der Waals surface area (Å²) in [6.45, 7) is 3.91. The highest BCUT2D eigenvalue weighted by Crippen LogP contribution is 2.26. The van der Waals surface area contributed by atoms with E-state index in [9.17, 15) is 4.39 Å². The lowest BCUT2D eigenvalue weighted by Crippen LogP contribution is -2.21. The standard InChI is InChI=1S/C17H19ClFN/c1-11-8-15(19)9-12(2)17(11)16(20-3)10-13-4-6-14(18)7-5-13/h4-9,16,20H,10H2,1-3H3. The van der Waals surface area contributed by atoms with Crippen molar-refractivity contribution in [1.82, 2.24) is 5.32 Å². The van der Waals surface area contributed by atoms with Gasteiger partial charge in [0, 0.05) is 11.1 Å². The maximum atomic E-state index is 13.4. The quantitative estimate of drug-likeness (QED) is 0.868. The minimum atomic E-state index is -0.176. The molecule has 0 aromatic heterocycles. The highest BCUT2D eigenvalue weighted by atomic mass is 35.5. The van der Waals surface area contributed by atoms with Crippen LogP contribution in [0.15, 0.2) is 36.4 Å². The third kappa shape index (κ3) is 3.38. The first kappa shape index (κ1) is 15.0. The summed E-state index contributed by atoms with van der Waals surface area (Å²) >= 11 is 5.91. The fourth-order valence-corrected chi connectivity index (χ4v) is 2.80. The van der Waals surface area contributed by atoms with E-state index in [0.29, 0.717) is 0 Å². The van der Waals surface area contributed by atoms with Crippen LogP contribution < -0.4 is 5.32 Å². The predicted octanol–water partition coefficient (Wildman–Crippen LogP) is 4.60. The molecule has 0 amide bonds. The van der Waals surface area contributed by atoms with E-state index in [1.54, 1.807) is 12.1 Å². The Hall–Kier alpha value is -1.38. The first-order valence-electron chi connectivity index (χ1n) is 6.69. The van der Waals surface area contributed by atoms with Gasteiger partial charge in [-0.05, 0) is 73.8 Å². The van der Waals surface area contributed by atoms with Crippen molar-refractivity contribution in [1.29, 1.82) is 0 Å². The Morgan fingerprint density at radius 2 is 1.65 bits per heavy atom. The average molecular weight is 292 g/mol. The molecule has 1 unspecified atom stereocenters. The zero-order valence-electron chi connectivity index (χ0n) is 12.0. The number of hydrogen-bond donors (Lipinski definition) is 1. The molecule has 1 nitrogen and oxygen atoms in total. The van der Waals surface area contributed by atoms with Crippen molar-refractivity contribution < 1.29 is 4.39 Å². The highest BCUT2D eigenvalue weighted by Gasteiger charge is 2.16. The highest BCUT2D eigenvalue weighted by molar-refractivity contribution is 6.30. The van der Waals surface area contributed by atoms with Gasteiger partial charge in [-0.25, -0.2) is 4.39 Å². The van der Waals surface area contributed by atoms with Crippen LogP contribution >= 0.6 is 11.6 Å². The van der Waals surface area contributed by atoms with Crippen molar-refractivity contribution in [3.8, 4) is 0 Å². The van der Waals surface area contributed by atoms with Crippen molar-refractivity contribution in [2.45, 2.75) is 26.3 Å². The third-order valence-electron chi connectivity index (χ3n) is 3.61. The largest absolute Gasteiger partial charge is 0.313 e. The second-order valence-electron chi connectivity index (χ2n) is 5.13. The minimum absolute atomic E-state index is 0.164. The molecule has 0 fully saturated rings. The number of benzene rings is 2. The van der Waals surface area contributed by atoms with Crippen LogP contribution in [0.25, 0.3) is 0 Å². The molecule has 0 saturated heterocycles. The maximum absolute atomic E-state index is 13.4. The van der Waals surface area contributed by atoms with Crippen molar-refractivity contribution in [3.05, 3.63) is 69.5 Å². The summed E-state index contributed by atoms with van der Waals surface area (Å²) < 4.78 is 13.4. The molecule has 1 atom stereocenters. The number of hydrogen-bond acceptors (Lipinski definition) is 1. The number of rotatable bonds is 4. The molecule has 0 heterocycles. The summed E-state index contributed by atoms with van der Waals surface area (Å²) in [5.74, 6) is -0.176. The number of aryl methyl sites for hydroxylation is 2. The zero-order chi connectivity index (χ0) is 14.7. The molecule has 2 aromatic rings. The normalized spacial score (nSPS) is 12.4. The van der Waals surface area contributed by atoms with Gasteiger partial charge in [0.1, 0.15) is 5.82 Å². The summed E-state index contributed by atoms with van der Waals surface area (Å²) in [4.78, 5) is 0. The van der Waals surface area contributed by atoms with E-state index < -0.39 is 0 Å². The molecule has 2 rings (SSSR count). The van der Waals surface area contributed by atoms with Gasteiger partial charge in [-0.3, -0.25) is 0 Å². The molecule has 0 radical (unpaired) electrons. The lowest BCUT2D eigenvalue weighted by molar-refractivity contribution is 0.578. The maximum Gasteiger partial charge on any atom is 0.123 e. The van der Waals surface area contributed by atoms with E-state index in [1.807, 2.05) is 45.2 Å². The van der Waals surface area contributed by atoms with Crippen LogP contribution in [0.4, 0.5) is 4.39 Å². The molecule has 0 saturated carbocycles. The molecule has 0 bridgehead atoms. The van der Waals surface area contributed by atoms with Gasteiger partial charge in [-0.2, -0.15) is 0 Å². The number of likely N-dealkylation sites (N-methyl/N-ethyl adjacent to an activating group) is 1. The van der Waals surface area contributed by atoms with Gasteiger partial charge in [-0.1, -0.05) is 23.7 Å². The van der Waals surface area contributed by atoms with Gasteiger partial charge in [0.2, 0.25) is 0 Å². The van der Waals surface area contributed by atoms with Crippen LogP contribution in [-0.2, 0) is 6.42 Å². The van der Waals surface area contributed by atoms with Crippen LogP contribution in [0, 0.1) is 19.7 Å². The molecule has 0 aliphatic carbocycles. The average Bonchev–Trinajstić information content (AvgIpc) is 2.38. The summed E-state index contributed by atoms with van der Waals surface area (Å²) in [5.41, 5.74) is 4.34. The first-order chi connectivity index (χ1) is 9.51. The van der Waals surface area contributed by atoms with Gasteiger partial charge in [0.05, 0.1) is 0 Å². The van der Waals surface area contributed by atoms with Crippen molar-refractivity contribution in [2.24, 2.45) is 0 Å². The molecule has 0 aliphatic heterocycles. The fraction of sp³-hybridized carbons (Fsp3) is 0.294. The Morgan fingerprint density at radius 1 is 1.10 bits per heavy atom. The monoisotopic (exact) mass is 291 g/mol. The van der Waals surface area contributed by atoms with Crippen molar-refractivity contribution >= 4 is 11.6 Å². The van der Waals surface area contributed by atoms with E-state index in [2.05, 4.69) is 5.32 Å². The van der Waals surface area contributed by atoms with E-state index in [0.717, 1.165) is 22.6 Å². The van der Waals surface area contributed by atoms with Crippen LogP contribution in [-0.4, -0.2) is 7.05 Å². The molecular formula is C17H19ClFN. The van der Waals surface area contributed by atoms with Crippen LogP contribution in [0.2, 0.25) is 5.02 Å². The zero-order valence-corrected chi connectivity index (χ0v) is 12.8. The van der Waals surface area contributed by atoms with Gasteiger partial charge in [0.25, 0.3) is 0 Å². The molecule has 1 N–H and O–H groups in total. The third-order valence-corrected chi connectivity index (χ3v) is 3.86. The van der Waals surface area contributed by atoms with Gasteiger partial charge in [-0.15, -0.1) is 0 Å². The van der Waals surface area contributed by atoms with Crippen LogP contribution in [0.5, 0.6) is 0 Å². The first-order valence-corrected chi connectivity index (χ1v) is 7.07. The van der Waals surface area contributed by atoms with E-state index in [1.165, 1.54) is 11.1 Å². The van der Waals surface area contributed by atoms with Crippen LogP contribution in [0.3, 0.4) is 0 Å². The lowest BCUT2D eigenvalue weighted by Gasteiger charge is -2.21. The molecule has 0 aliphatic rings. The molecule has 20 heavy (non-hydrogen) atoms. The SMILES string of the molecule is CNC(Cc1ccc(Cl)cc1)c1c(C)cc(F)cc1C. The number of halogens is 2. The molecular weight excluding hydrogens is 273 g/mol. The van der Waals surface area contributed by atoms with E-state index >= 15 is 0 Å². The van der Waals surface area contributed by atoms with Crippen LogP contribution in [0.1, 0.15) is 28.3 Å². The summed E-state index contributed by atoms with van der Waals surface area (Å²) in [6, 6.07) is 11.2. The predicted molar refractivity (Wildman–Crippen MR) is 82.8 cm³/mol. The van der Waals surface area contributed by atoms with E-state index in [4.69, 9.17) is 11.6 Å². The summed E-state index contributed by atoms with van der Waals surface area (Å²) in [7, 11) is 1.93. The van der Waals surface area contributed by atoms with Gasteiger partial charge in [0.15, 0.2) is 0 Å². The molecule has 2 aromatic carbocycles. The van der Waals surface area contributed by atoms with Gasteiger partial charge < -0.3 is 5.32 Å². The Bertz CT molecular complexity index is 569. The topological polar surface area (TPSA) is 12.0 Å². The molecule has 0 spiro atoms. The summed E-state index contributed by atoms with van der Waals surface area (Å²) in [5, 5.41) is 4.07. The Labute approximate surface area is 124 Å². The molecule has 3 heteroatoms. The smallest absolute Gasteiger partial charge is 0.123 e. The fourth-order valence-electron chi connectivity index (χ4n) is 2.68. The second kappa shape index (κ2) is 6.38. The van der Waals surface area contributed by atoms with E-state index in [-0.39, 0.29) is 11.9 Å². The Morgan fingerprint density at radius 3 is 2.15 bits per heavy atom. The molecule has 106 valence electrons.